The van der Waals surface area contributed by atoms with Crippen LogP contribution < -0.4 is 0 Å². The molecule has 1 nitrogen and oxygen atoms in total. The van der Waals surface area contributed by atoms with Gasteiger partial charge in [0.15, 0.2) is 0 Å². The Balaban J connectivity index is 2.90. The molecule has 0 N–H and O–H groups in total. The fourth-order valence-electron chi connectivity index (χ4n) is 2.27. The molecule has 0 bridgehead atoms. The van der Waals surface area contributed by atoms with Crippen LogP contribution in [0.4, 0.5) is 0 Å². The van der Waals surface area contributed by atoms with Crippen LogP contribution in [0.15, 0.2) is 0 Å². The SMILES string of the molecule is [CH2]COCCCCCCCCCCCCC(C)C. The van der Waals surface area contributed by atoms with Gasteiger partial charge in [-0.2, -0.15) is 0 Å². The van der Waals surface area contributed by atoms with Crippen molar-refractivity contribution in [1.29, 1.82) is 0 Å². The molecule has 109 valence electrons. The fraction of sp³-hybridized carbons (Fsp3) is 0.941. The molecular formula is C17H35O. The van der Waals surface area contributed by atoms with Crippen molar-refractivity contribution in [2.24, 2.45) is 5.92 Å². The average Bonchev–Trinajstić information content (AvgIpc) is 2.34. The van der Waals surface area contributed by atoms with Crippen LogP contribution in [-0.4, -0.2) is 13.2 Å². The maximum absolute atomic E-state index is 5.22. The summed E-state index contributed by atoms with van der Waals surface area (Å²) in [6.07, 6.45) is 15.4. The van der Waals surface area contributed by atoms with Crippen LogP contribution >= 0.6 is 0 Å². The zero-order chi connectivity index (χ0) is 13.5. The molecule has 1 radical (unpaired) electrons. The van der Waals surface area contributed by atoms with Gasteiger partial charge < -0.3 is 4.74 Å². The minimum Gasteiger partial charge on any atom is -0.381 e. The van der Waals surface area contributed by atoms with Crippen molar-refractivity contribution in [3.05, 3.63) is 6.92 Å². The lowest BCUT2D eigenvalue weighted by Gasteiger charge is -2.04. The van der Waals surface area contributed by atoms with Crippen LogP contribution in [0.3, 0.4) is 0 Å². The minimum atomic E-state index is 0.622. The van der Waals surface area contributed by atoms with E-state index in [4.69, 9.17) is 4.74 Å². The first-order valence-corrected chi connectivity index (χ1v) is 8.14. The maximum atomic E-state index is 5.22. The van der Waals surface area contributed by atoms with E-state index in [0.29, 0.717) is 6.61 Å². The second-order valence-electron chi connectivity index (χ2n) is 5.83. The van der Waals surface area contributed by atoms with Gasteiger partial charge in [-0.3, -0.25) is 0 Å². The third-order valence-electron chi connectivity index (χ3n) is 3.46. The summed E-state index contributed by atoms with van der Waals surface area (Å²) >= 11 is 0. The summed E-state index contributed by atoms with van der Waals surface area (Å²) in [6.45, 7) is 9.83. The number of ether oxygens (including phenoxy) is 1. The zero-order valence-electron chi connectivity index (χ0n) is 12.9. The third kappa shape index (κ3) is 16.0. The minimum absolute atomic E-state index is 0.622. The number of unbranched alkanes of at least 4 members (excludes halogenated alkanes) is 9. The lowest BCUT2D eigenvalue weighted by atomic mass is 10.0. The molecule has 0 aliphatic rings. The molecule has 0 aromatic rings. The largest absolute Gasteiger partial charge is 0.381 e. The van der Waals surface area contributed by atoms with E-state index < -0.39 is 0 Å². The van der Waals surface area contributed by atoms with Crippen molar-refractivity contribution in [3.63, 3.8) is 0 Å². The second-order valence-corrected chi connectivity index (χ2v) is 5.83. The lowest BCUT2D eigenvalue weighted by molar-refractivity contribution is 0.156. The molecule has 0 spiro atoms. The topological polar surface area (TPSA) is 9.23 Å². The molecule has 0 saturated carbocycles. The number of hydrogen-bond donors (Lipinski definition) is 0. The first-order chi connectivity index (χ1) is 8.77. The van der Waals surface area contributed by atoms with Crippen molar-refractivity contribution in [1.82, 2.24) is 0 Å². The molecule has 0 fully saturated rings. The maximum Gasteiger partial charge on any atom is 0.0466 e. The van der Waals surface area contributed by atoms with E-state index in [1.165, 1.54) is 70.6 Å². The van der Waals surface area contributed by atoms with Gasteiger partial charge in [0.25, 0.3) is 0 Å². The summed E-state index contributed by atoms with van der Waals surface area (Å²) < 4.78 is 5.22. The van der Waals surface area contributed by atoms with Crippen LogP contribution in [0.5, 0.6) is 0 Å². The Kier molecular flexibility index (Phi) is 15.0. The van der Waals surface area contributed by atoms with Gasteiger partial charge in [0, 0.05) is 13.2 Å². The molecule has 0 unspecified atom stereocenters. The predicted molar refractivity (Wildman–Crippen MR) is 81.8 cm³/mol. The fourth-order valence-corrected chi connectivity index (χ4v) is 2.27. The zero-order valence-corrected chi connectivity index (χ0v) is 12.9. The molecule has 0 aliphatic heterocycles. The van der Waals surface area contributed by atoms with Crippen molar-refractivity contribution < 1.29 is 4.74 Å². The van der Waals surface area contributed by atoms with Gasteiger partial charge in [0.05, 0.1) is 0 Å². The van der Waals surface area contributed by atoms with Gasteiger partial charge in [0.2, 0.25) is 0 Å². The van der Waals surface area contributed by atoms with Crippen LogP contribution in [0.2, 0.25) is 0 Å². The highest BCUT2D eigenvalue weighted by atomic mass is 16.5. The molecule has 0 aliphatic carbocycles. The van der Waals surface area contributed by atoms with Crippen molar-refractivity contribution in [2.45, 2.75) is 84.5 Å². The average molecular weight is 255 g/mol. The molecule has 0 saturated heterocycles. The van der Waals surface area contributed by atoms with Crippen molar-refractivity contribution in [2.75, 3.05) is 13.2 Å². The Hall–Kier alpha value is -0.0400. The summed E-state index contributed by atoms with van der Waals surface area (Å²) in [5, 5.41) is 0. The lowest BCUT2D eigenvalue weighted by Crippen LogP contribution is -1.93. The molecule has 0 heterocycles. The third-order valence-corrected chi connectivity index (χ3v) is 3.46. The van der Waals surface area contributed by atoms with Gasteiger partial charge in [-0.05, 0) is 19.3 Å². The second kappa shape index (κ2) is 15.0. The van der Waals surface area contributed by atoms with Crippen molar-refractivity contribution >= 4 is 0 Å². The molecule has 0 rings (SSSR count). The Morgan fingerprint density at radius 3 is 1.61 bits per heavy atom. The molecular weight excluding hydrogens is 220 g/mol. The van der Waals surface area contributed by atoms with E-state index in [1.807, 2.05) is 0 Å². The Morgan fingerprint density at radius 2 is 1.17 bits per heavy atom. The molecule has 0 aromatic carbocycles. The number of rotatable bonds is 14. The van der Waals surface area contributed by atoms with Crippen LogP contribution in [0.1, 0.15) is 84.5 Å². The van der Waals surface area contributed by atoms with Gasteiger partial charge in [0.1, 0.15) is 0 Å². The van der Waals surface area contributed by atoms with E-state index >= 15 is 0 Å². The molecule has 18 heavy (non-hydrogen) atoms. The van der Waals surface area contributed by atoms with Gasteiger partial charge in [-0.1, -0.05) is 78.1 Å². The highest BCUT2D eigenvalue weighted by molar-refractivity contribution is 4.50. The van der Waals surface area contributed by atoms with Crippen LogP contribution in [-0.2, 0) is 4.74 Å². The van der Waals surface area contributed by atoms with Crippen LogP contribution in [0.25, 0.3) is 0 Å². The smallest absolute Gasteiger partial charge is 0.0466 e. The highest BCUT2D eigenvalue weighted by Crippen LogP contribution is 2.13. The highest BCUT2D eigenvalue weighted by Gasteiger charge is 1.95. The molecule has 0 atom stereocenters. The standard InChI is InChI=1S/C17H35O/c1-4-18-16-14-12-10-8-6-5-7-9-11-13-15-17(2)3/h17H,1,4-16H2,2-3H3. The number of hydrogen-bond acceptors (Lipinski definition) is 1. The molecule has 1 heteroatoms. The predicted octanol–water partition coefficient (Wildman–Crippen LogP) is 5.78. The summed E-state index contributed by atoms with van der Waals surface area (Å²) in [4.78, 5) is 0. The van der Waals surface area contributed by atoms with Crippen LogP contribution in [0, 0.1) is 12.8 Å². The Labute approximate surface area is 116 Å². The quantitative estimate of drug-likeness (QED) is 0.357. The normalized spacial score (nSPS) is 11.3. The van der Waals surface area contributed by atoms with Crippen molar-refractivity contribution in [3.8, 4) is 0 Å². The first kappa shape index (κ1) is 18.0. The summed E-state index contributed by atoms with van der Waals surface area (Å²) in [5.41, 5.74) is 0. The van der Waals surface area contributed by atoms with E-state index in [1.54, 1.807) is 0 Å². The van der Waals surface area contributed by atoms with E-state index in [9.17, 15) is 0 Å². The Morgan fingerprint density at radius 1 is 0.722 bits per heavy atom. The van der Waals surface area contributed by atoms with Gasteiger partial charge in [-0.15, -0.1) is 0 Å². The molecule has 0 amide bonds. The first-order valence-electron chi connectivity index (χ1n) is 8.14. The summed E-state index contributed by atoms with van der Waals surface area (Å²) in [6, 6.07) is 0. The molecule has 0 aromatic heterocycles. The monoisotopic (exact) mass is 255 g/mol. The van der Waals surface area contributed by atoms with E-state index in [2.05, 4.69) is 20.8 Å². The Bertz CT molecular complexity index is 143. The summed E-state index contributed by atoms with van der Waals surface area (Å²) in [5.74, 6) is 0.887. The van der Waals surface area contributed by atoms with Gasteiger partial charge in [-0.25, -0.2) is 0 Å². The van der Waals surface area contributed by atoms with Gasteiger partial charge >= 0.3 is 0 Å². The summed E-state index contributed by atoms with van der Waals surface area (Å²) in [7, 11) is 0. The van der Waals surface area contributed by atoms with E-state index in [0.717, 1.165) is 12.5 Å². The van der Waals surface area contributed by atoms with E-state index in [-0.39, 0.29) is 0 Å².